The molecule has 0 aliphatic rings. The number of carbonyl (C=O) groups excluding carboxylic acids is 1. The minimum atomic E-state index is -0.227. The smallest absolute Gasteiger partial charge is 0.252 e. The van der Waals surface area contributed by atoms with Crippen LogP contribution in [0.4, 0.5) is 0 Å². The first kappa shape index (κ1) is 18.2. The highest BCUT2D eigenvalue weighted by Crippen LogP contribution is 2.27. The van der Waals surface area contributed by atoms with Crippen LogP contribution in [0.5, 0.6) is 17.2 Å². The molecule has 0 bridgehead atoms. The molecule has 0 atom stereocenters. The second-order valence-corrected chi connectivity index (χ2v) is 5.16. The molecule has 0 spiro atoms. The van der Waals surface area contributed by atoms with Crippen molar-refractivity contribution in [3.05, 3.63) is 53.6 Å². The van der Waals surface area contributed by atoms with Crippen LogP contribution in [-0.2, 0) is 0 Å². The van der Waals surface area contributed by atoms with Gasteiger partial charge >= 0.3 is 0 Å². The van der Waals surface area contributed by atoms with E-state index >= 15 is 0 Å². The molecule has 0 aliphatic carbocycles. The van der Waals surface area contributed by atoms with Gasteiger partial charge < -0.3 is 19.5 Å². The number of rotatable bonds is 6. The van der Waals surface area contributed by atoms with Crippen molar-refractivity contribution >= 4 is 5.91 Å². The largest absolute Gasteiger partial charge is 0.493 e. The van der Waals surface area contributed by atoms with E-state index < -0.39 is 0 Å². The van der Waals surface area contributed by atoms with Gasteiger partial charge in [-0.05, 0) is 36.8 Å². The van der Waals surface area contributed by atoms with Crippen LogP contribution in [0.25, 0.3) is 0 Å². The number of hydrogen-bond donors (Lipinski definition) is 1. The molecule has 5 nitrogen and oxygen atoms in total. The molecule has 130 valence electrons. The molecule has 2 aromatic rings. The Morgan fingerprint density at radius 1 is 1.00 bits per heavy atom. The van der Waals surface area contributed by atoms with Crippen LogP contribution in [0.1, 0.15) is 15.9 Å². The van der Waals surface area contributed by atoms with Crippen molar-refractivity contribution in [2.45, 2.75) is 6.92 Å². The molecule has 0 saturated carbocycles. The summed E-state index contributed by atoms with van der Waals surface area (Å²) in [5.41, 5.74) is 1.54. The Bertz CT molecular complexity index is 790. The van der Waals surface area contributed by atoms with Crippen molar-refractivity contribution < 1.29 is 19.0 Å². The normalized spacial score (nSPS) is 9.56. The summed E-state index contributed by atoms with van der Waals surface area (Å²) < 4.78 is 15.9. The van der Waals surface area contributed by atoms with Crippen LogP contribution in [0.15, 0.2) is 42.5 Å². The predicted octanol–water partition coefficient (Wildman–Crippen LogP) is 2.82. The number of ether oxygens (including phenoxy) is 3. The Balaban J connectivity index is 1.82. The fourth-order valence-electron chi connectivity index (χ4n) is 2.15. The van der Waals surface area contributed by atoms with Gasteiger partial charge in [0.2, 0.25) is 0 Å². The molecule has 0 saturated heterocycles. The average molecular weight is 339 g/mol. The van der Waals surface area contributed by atoms with E-state index in [0.29, 0.717) is 17.1 Å². The highest BCUT2D eigenvalue weighted by molar-refractivity contribution is 5.95. The van der Waals surface area contributed by atoms with Crippen molar-refractivity contribution in [3.63, 3.8) is 0 Å². The summed E-state index contributed by atoms with van der Waals surface area (Å²) in [6.45, 7) is 2.49. The zero-order valence-electron chi connectivity index (χ0n) is 14.6. The number of carbonyl (C=O) groups is 1. The van der Waals surface area contributed by atoms with Crippen LogP contribution < -0.4 is 19.5 Å². The molecule has 2 aromatic carbocycles. The highest BCUT2D eigenvalue weighted by Gasteiger charge is 2.09. The van der Waals surface area contributed by atoms with Crippen molar-refractivity contribution in [2.75, 3.05) is 27.4 Å². The molecule has 5 heteroatoms. The molecular formula is C20H21NO4. The monoisotopic (exact) mass is 339 g/mol. The lowest BCUT2D eigenvalue weighted by atomic mass is 10.2. The third-order valence-corrected chi connectivity index (χ3v) is 3.50. The summed E-state index contributed by atoms with van der Waals surface area (Å²) in [5.74, 6) is 7.41. The second-order valence-electron chi connectivity index (χ2n) is 5.16. The van der Waals surface area contributed by atoms with Crippen LogP contribution in [0, 0.1) is 18.8 Å². The summed E-state index contributed by atoms with van der Waals surface area (Å²) in [7, 11) is 3.08. The fourth-order valence-corrected chi connectivity index (χ4v) is 2.15. The van der Waals surface area contributed by atoms with Gasteiger partial charge in [-0.2, -0.15) is 0 Å². The van der Waals surface area contributed by atoms with E-state index in [2.05, 4.69) is 17.2 Å². The van der Waals surface area contributed by atoms with Crippen molar-refractivity contribution in [1.29, 1.82) is 0 Å². The van der Waals surface area contributed by atoms with Crippen molar-refractivity contribution in [2.24, 2.45) is 0 Å². The van der Waals surface area contributed by atoms with Gasteiger partial charge in [-0.15, -0.1) is 0 Å². The van der Waals surface area contributed by atoms with Crippen LogP contribution in [0.2, 0.25) is 0 Å². The van der Waals surface area contributed by atoms with E-state index in [-0.39, 0.29) is 19.1 Å². The van der Waals surface area contributed by atoms with Crippen molar-refractivity contribution in [1.82, 2.24) is 5.32 Å². The molecule has 0 fully saturated rings. The van der Waals surface area contributed by atoms with E-state index in [4.69, 9.17) is 14.2 Å². The van der Waals surface area contributed by atoms with Gasteiger partial charge in [-0.3, -0.25) is 4.79 Å². The molecule has 25 heavy (non-hydrogen) atoms. The summed E-state index contributed by atoms with van der Waals surface area (Å²) in [5, 5.41) is 2.73. The summed E-state index contributed by atoms with van der Waals surface area (Å²) in [6.07, 6.45) is 0. The summed E-state index contributed by atoms with van der Waals surface area (Å²) in [4.78, 5) is 12.1. The predicted molar refractivity (Wildman–Crippen MR) is 96.3 cm³/mol. The standard InChI is InChI=1S/C20H21NO4/c1-15-8-4-5-9-17(15)25-13-7-6-12-21-20(22)16-10-11-18(23-2)19(14-16)24-3/h4-5,8-11,14H,12-13H2,1-3H3,(H,21,22). The Morgan fingerprint density at radius 2 is 1.76 bits per heavy atom. The van der Waals surface area contributed by atoms with Gasteiger partial charge in [-0.25, -0.2) is 0 Å². The number of aryl methyl sites for hydroxylation is 1. The molecule has 0 unspecified atom stereocenters. The number of nitrogens with one attached hydrogen (secondary N) is 1. The Hall–Kier alpha value is -3.13. The van der Waals surface area contributed by atoms with E-state index in [9.17, 15) is 4.79 Å². The molecule has 2 rings (SSSR count). The Labute approximate surface area is 147 Å². The molecular weight excluding hydrogens is 318 g/mol. The molecule has 1 amide bonds. The topological polar surface area (TPSA) is 56.8 Å². The van der Waals surface area contributed by atoms with Crippen molar-refractivity contribution in [3.8, 4) is 29.1 Å². The number of amides is 1. The number of methoxy groups -OCH3 is 2. The maximum absolute atomic E-state index is 12.1. The number of hydrogen-bond acceptors (Lipinski definition) is 4. The third kappa shape index (κ3) is 5.18. The lowest BCUT2D eigenvalue weighted by Gasteiger charge is -2.09. The fraction of sp³-hybridized carbons (Fsp3) is 0.250. The maximum atomic E-state index is 12.1. The molecule has 1 N–H and O–H groups in total. The van der Waals surface area contributed by atoms with E-state index in [1.165, 1.54) is 7.11 Å². The molecule has 0 aliphatic heterocycles. The van der Waals surface area contributed by atoms with E-state index in [1.54, 1.807) is 25.3 Å². The lowest BCUT2D eigenvalue weighted by Crippen LogP contribution is -2.23. The summed E-state index contributed by atoms with van der Waals surface area (Å²) in [6, 6.07) is 12.7. The van der Waals surface area contributed by atoms with Gasteiger partial charge in [0, 0.05) is 5.56 Å². The SMILES string of the molecule is COc1ccc(C(=O)NCC#CCOc2ccccc2C)cc1OC. The molecule has 0 radical (unpaired) electrons. The average Bonchev–Trinajstić information content (AvgIpc) is 2.65. The third-order valence-electron chi connectivity index (χ3n) is 3.50. The van der Waals surface area contributed by atoms with Gasteiger partial charge in [0.15, 0.2) is 11.5 Å². The summed E-state index contributed by atoms with van der Waals surface area (Å²) >= 11 is 0. The molecule has 0 aromatic heterocycles. The highest BCUT2D eigenvalue weighted by atomic mass is 16.5. The van der Waals surface area contributed by atoms with Gasteiger partial charge in [0.25, 0.3) is 5.91 Å². The van der Waals surface area contributed by atoms with Crippen LogP contribution in [-0.4, -0.2) is 33.3 Å². The lowest BCUT2D eigenvalue weighted by molar-refractivity contribution is 0.0958. The Kier molecular flexibility index (Phi) is 6.73. The number of benzene rings is 2. The van der Waals surface area contributed by atoms with Gasteiger partial charge in [0.05, 0.1) is 20.8 Å². The second kappa shape index (κ2) is 9.24. The van der Waals surface area contributed by atoms with Crippen LogP contribution in [0.3, 0.4) is 0 Å². The zero-order chi connectivity index (χ0) is 18.1. The first-order chi connectivity index (χ1) is 12.2. The first-order valence-corrected chi connectivity index (χ1v) is 7.80. The molecule has 0 heterocycles. The minimum Gasteiger partial charge on any atom is -0.493 e. The maximum Gasteiger partial charge on any atom is 0.252 e. The zero-order valence-corrected chi connectivity index (χ0v) is 14.6. The first-order valence-electron chi connectivity index (χ1n) is 7.80. The minimum absolute atomic E-state index is 0.227. The number of para-hydroxylation sites is 1. The Morgan fingerprint density at radius 3 is 2.48 bits per heavy atom. The van der Waals surface area contributed by atoms with Gasteiger partial charge in [-0.1, -0.05) is 30.0 Å². The van der Waals surface area contributed by atoms with E-state index in [0.717, 1.165) is 11.3 Å². The van der Waals surface area contributed by atoms with Gasteiger partial charge in [0.1, 0.15) is 12.4 Å². The van der Waals surface area contributed by atoms with E-state index in [1.807, 2.05) is 31.2 Å². The van der Waals surface area contributed by atoms with Crippen LogP contribution >= 0.6 is 0 Å². The quantitative estimate of drug-likeness (QED) is 0.822.